The van der Waals surface area contributed by atoms with Crippen molar-refractivity contribution in [2.75, 3.05) is 18.4 Å². The molecular weight excluding hydrogens is 244 g/mol. The molecule has 0 unspecified atom stereocenters. The smallest absolute Gasteiger partial charge is 0.0382 e. The molecule has 0 amide bonds. The molecule has 2 heteroatoms. The van der Waals surface area contributed by atoms with Crippen LogP contribution in [0.4, 0.5) is 5.69 Å². The van der Waals surface area contributed by atoms with Gasteiger partial charge in [0.15, 0.2) is 0 Å². The largest absolute Gasteiger partial charge is 0.381 e. The molecule has 2 nitrogen and oxygen atoms in total. The summed E-state index contributed by atoms with van der Waals surface area (Å²) < 4.78 is 0. The standard InChI is InChI=1S/C18H24N2/c1-2-12-11-20-8-7-18-14-5-3-4-6-15(14)19-16(18)9-13(12)10-17(18)20/h3-6,12-13,16-17,19H,2,7-11H2,1H3/t12-,13+,16-,17+,18+/m1/s1. The van der Waals surface area contributed by atoms with Gasteiger partial charge in [0.1, 0.15) is 0 Å². The van der Waals surface area contributed by atoms with Crippen molar-refractivity contribution in [1.82, 2.24) is 4.90 Å². The number of rotatable bonds is 1. The highest BCUT2D eigenvalue weighted by Gasteiger charge is 2.62. The zero-order valence-corrected chi connectivity index (χ0v) is 12.3. The Morgan fingerprint density at radius 3 is 3.10 bits per heavy atom. The Balaban J connectivity index is 1.64. The molecule has 1 saturated carbocycles. The van der Waals surface area contributed by atoms with E-state index < -0.39 is 0 Å². The molecule has 0 radical (unpaired) electrons. The molecule has 3 heterocycles. The molecule has 0 aromatic heterocycles. The third kappa shape index (κ3) is 1.21. The van der Waals surface area contributed by atoms with Crippen LogP contribution < -0.4 is 5.32 Å². The summed E-state index contributed by atoms with van der Waals surface area (Å²) in [6, 6.07) is 10.6. The van der Waals surface area contributed by atoms with Crippen molar-refractivity contribution in [2.24, 2.45) is 11.8 Å². The third-order valence-electron chi connectivity index (χ3n) is 6.95. The molecule has 4 aliphatic rings. The van der Waals surface area contributed by atoms with Gasteiger partial charge in [-0.05, 0) is 49.3 Å². The Labute approximate surface area is 121 Å². The lowest BCUT2D eigenvalue weighted by Gasteiger charge is -2.53. The third-order valence-corrected chi connectivity index (χ3v) is 6.95. The Morgan fingerprint density at radius 2 is 2.20 bits per heavy atom. The van der Waals surface area contributed by atoms with Gasteiger partial charge in [-0.3, -0.25) is 4.90 Å². The number of hydrogen-bond acceptors (Lipinski definition) is 2. The number of piperidine rings is 1. The monoisotopic (exact) mass is 268 g/mol. The number of benzene rings is 1. The Bertz CT molecular complexity index is 554. The Hall–Kier alpha value is -1.02. The van der Waals surface area contributed by atoms with E-state index in [-0.39, 0.29) is 0 Å². The van der Waals surface area contributed by atoms with E-state index in [2.05, 4.69) is 41.4 Å². The van der Waals surface area contributed by atoms with Crippen LogP contribution in [0.3, 0.4) is 0 Å². The second-order valence-electron chi connectivity index (χ2n) is 7.44. The zero-order valence-electron chi connectivity index (χ0n) is 12.3. The van der Waals surface area contributed by atoms with Crippen molar-refractivity contribution in [3.8, 4) is 0 Å². The van der Waals surface area contributed by atoms with E-state index in [0.29, 0.717) is 11.5 Å². The fraction of sp³-hybridized carbons (Fsp3) is 0.667. The average molecular weight is 268 g/mol. The van der Waals surface area contributed by atoms with Crippen molar-refractivity contribution in [3.63, 3.8) is 0 Å². The molecule has 1 aromatic rings. The highest BCUT2D eigenvalue weighted by molar-refractivity contribution is 5.64. The van der Waals surface area contributed by atoms with Gasteiger partial charge in [0.25, 0.3) is 0 Å². The van der Waals surface area contributed by atoms with Crippen LogP contribution in [-0.2, 0) is 5.41 Å². The van der Waals surface area contributed by atoms with Crippen LogP contribution in [0.1, 0.15) is 38.2 Å². The number of para-hydroxylation sites is 1. The fourth-order valence-electron chi connectivity index (χ4n) is 6.05. The lowest BCUT2D eigenvalue weighted by atomic mass is 9.59. The summed E-state index contributed by atoms with van der Waals surface area (Å²) in [6.07, 6.45) is 5.58. The molecule has 20 heavy (non-hydrogen) atoms. The van der Waals surface area contributed by atoms with E-state index in [0.717, 1.165) is 17.9 Å². The Kier molecular flexibility index (Phi) is 2.20. The van der Waals surface area contributed by atoms with Gasteiger partial charge in [-0.25, -0.2) is 0 Å². The van der Waals surface area contributed by atoms with Gasteiger partial charge in [-0.2, -0.15) is 0 Å². The summed E-state index contributed by atoms with van der Waals surface area (Å²) in [5.41, 5.74) is 3.50. The average Bonchev–Trinajstić information content (AvgIpc) is 3.02. The molecule has 3 fully saturated rings. The summed E-state index contributed by atoms with van der Waals surface area (Å²) in [6.45, 7) is 5.07. The van der Waals surface area contributed by atoms with E-state index >= 15 is 0 Å². The van der Waals surface area contributed by atoms with Gasteiger partial charge in [0, 0.05) is 29.7 Å². The maximum atomic E-state index is 3.90. The van der Waals surface area contributed by atoms with Crippen molar-refractivity contribution in [3.05, 3.63) is 29.8 Å². The second-order valence-corrected chi connectivity index (χ2v) is 7.44. The molecule has 3 aliphatic heterocycles. The van der Waals surface area contributed by atoms with Crippen LogP contribution in [0, 0.1) is 11.8 Å². The fourth-order valence-corrected chi connectivity index (χ4v) is 6.05. The van der Waals surface area contributed by atoms with Gasteiger partial charge in [0.05, 0.1) is 0 Å². The van der Waals surface area contributed by atoms with Gasteiger partial charge in [-0.15, -0.1) is 0 Å². The molecule has 2 bridgehead atoms. The van der Waals surface area contributed by atoms with E-state index in [9.17, 15) is 0 Å². The van der Waals surface area contributed by atoms with Crippen LogP contribution in [0.15, 0.2) is 24.3 Å². The normalized spacial score (nSPS) is 44.9. The summed E-state index contributed by atoms with van der Waals surface area (Å²) in [5, 5.41) is 3.90. The first-order valence-corrected chi connectivity index (χ1v) is 8.43. The number of hydrogen-bond donors (Lipinski definition) is 1. The minimum Gasteiger partial charge on any atom is -0.381 e. The quantitative estimate of drug-likeness (QED) is 0.841. The molecule has 5 atom stereocenters. The number of nitrogens with zero attached hydrogens (tertiary/aromatic N) is 1. The molecule has 1 spiro atoms. The molecule has 5 rings (SSSR count). The van der Waals surface area contributed by atoms with E-state index in [1.165, 1.54) is 44.5 Å². The van der Waals surface area contributed by atoms with Crippen molar-refractivity contribution < 1.29 is 0 Å². The molecule has 106 valence electrons. The SMILES string of the molecule is CC[C@@H]1CN2CC[C@]34c5ccccc5N[C@@H]3C[C@H]1C[C@H]24. The number of fused-ring (bicyclic) bond motifs is 2. The van der Waals surface area contributed by atoms with Crippen LogP contribution in [0.2, 0.25) is 0 Å². The van der Waals surface area contributed by atoms with Crippen LogP contribution in [0.25, 0.3) is 0 Å². The first kappa shape index (κ1) is 11.6. The van der Waals surface area contributed by atoms with E-state index in [1.807, 2.05) is 0 Å². The van der Waals surface area contributed by atoms with Gasteiger partial charge < -0.3 is 5.32 Å². The molecular formula is C18H24N2. The minimum atomic E-state index is 0.436. The maximum absolute atomic E-state index is 3.90. The lowest BCUT2D eigenvalue weighted by Crippen LogP contribution is -2.59. The predicted molar refractivity (Wildman–Crippen MR) is 82.0 cm³/mol. The topological polar surface area (TPSA) is 15.3 Å². The molecule has 2 saturated heterocycles. The minimum absolute atomic E-state index is 0.436. The number of nitrogens with one attached hydrogen (secondary N) is 1. The number of anilines is 1. The summed E-state index contributed by atoms with van der Waals surface area (Å²) in [5.74, 6) is 1.90. The van der Waals surface area contributed by atoms with Crippen molar-refractivity contribution >= 4 is 5.69 Å². The maximum Gasteiger partial charge on any atom is 0.0382 e. The lowest BCUT2D eigenvalue weighted by molar-refractivity contribution is 0.0207. The molecule has 1 aliphatic carbocycles. The molecule has 1 N–H and O–H groups in total. The first-order chi connectivity index (χ1) is 9.83. The molecule has 1 aromatic carbocycles. The first-order valence-electron chi connectivity index (χ1n) is 8.43. The van der Waals surface area contributed by atoms with Crippen molar-refractivity contribution in [2.45, 2.75) is 50.1 Å². The van der Waals surface area contributed by atoms with E-state index in [1.54, 1.807) is 5.56 Å². The second kappa shape index (κ2) is 3.79. The van der Waals surface area contributed by atoms with Gasteiger partial charge >= 0.3 is 0 Å². The summed E-state index contributed by atoms with van der Waals surface area (Å²) >= 11 is 0. The van der Waals surface area contributed by atoms with Gasteiger partial charge in [0.2, 0.25) is 0 Å². The highest BCUT2D eigenvalue weighted by Crippen LogP contribution is 2.59. The summed E-state index contributed by atoms with van der Waals surface area (Å²) in [7, 11) is 0. The predicted octanol–water partition coefficient (Wildman–Crippen LogP) is 3.24. The Morgan fingerprint density at radius 1 is 1.30 bits per heavy atom. The van der Waals surface area contributed by atoms with Crippen molar-refractivity contribution in [1.29, 1.82) is 0 Å². The zero-order chi connectivity index (χ0) is 13.3. The van der Waals surface area contributed by atoms with Gasteiger partial charge in [-0.1, -0.05) is 31.5 Å². The van der Waals surface area contributed by atoms with E-state index in [4.69, 9.17) is 0 Å². The van der Waals surface area contributed by atoms with Crippen LogP contribution in [0.5, 0.6) is 0 Å². The summed E-state index contributed by atoms with van der Waals surface area (Å²) in [4.78, 5) is 2.83. The van der Waals surface area contributed by atoms with Crippen LogP contribution in [-0.4, -0.2) is 30.1 Å². The van der Waals surface area contributed by atoms with Crippen LogP contribution >= 0.6 is 0 Å². The highest BCUT2D eigenvalue weighted by atomic mass is 15.2.